The van der Waals surface area contributed by atoms with Gasteiger partial charge in [0.05, 0.1) is 7.11 Å². The third-order valence-corrected chi connectivity index (χ3v) is 5.26. The van der Waals surface area contributed by atoms with E-state index in [0.717, 1.165) is 24.2 Å². The Morgan fingerprint density at radius 3 is 2.63 bits per heavy atom. The zero-order valence-corrected chi connectivity index (χ0v) is 12.2. The van der Waals surface area contributed by atoms with E-state index in [1.165, 1.54) is 4.31 Å². The van der Waals surface area contributed by atoms with Crippen molar-refractivity contribution >= 4 is 10.2 Å². The van der Waals surface area contributed by atoms with Crippen LogP contribution in [-0.4, -0.2) is 44.3 Å². The molecule has 0 N–H and O–H groups in total. The van der Waals surface area contributed by atoms with Gasteiger partial charge in [0.25, 0.3) is 10.2 Å². The summed E-state index contributed by atoms with van der Waals surface area (Å²) in [6.45, 7) is 1.62. The monoisotopic (exact) mass is 284 g/mol. The predicted octanol–water partition coefficient (Wildman–Crippen LogP) is 1.47. The molecule has 0 saturated carbocycles. The van der Waals surface area contributed by atoms with Crippen LogP contribution in [0.4, 0.5) is 0 Å². The van der Waals surface area contributed by atoms with E-state index < -0.39 is 10.2 Å². The van der Waals surface area contributed by atoms with Gasteiger partial charge in [0, 0.05) is 26.7 Å². The molecule has 5 nitrogen and oxygen atoms in total. The summed E-state index contributed by atoms with van der Waals surface area (Å²) in [6, 6.07) is 7.47. The maximum Gasteiger partial charge on any atom is 0.282 e. The standard InChI is InChI=1S/C13H20N2O3S/c1-14(19(16,17)15-8-3-4-9-15)11-12-6-5-7-13(10-12)18-2/h5-7,10H,3-4,8-9,11H2,1-2H3. The number of rotatable bonds is 5. The lowest BCUT2D eigenvalue weighted by molar-refractivity contribution is 0.389. The summed E-state index contributed by atoms with van der Waals surface area (Å²) in [5.41, 5.74) is 0.921. The van der Waals surface area contributed by atoms with Gasteiger partial charge in [0.15, 0.2) is 0 Å². The fraction of sp³-hybridized carbons (Fsp3) is 0.538. The molecule has 1 fully saturated rings. The fourth-order valence-electron chi connectivity index (χ4n) is 2.23. The van der Waals surface area contributed by atoms with Crippen LogP contribution in [0.25, 0.3) is 0 Å². The number of nitrogens with zero attached hydrogens (tertiary/aromatic N) is 2. The zero-order valence-electron chi connectivity index (χ0n) is 11.4. The van der Waals surface area contributed by atoms with Gasteiger partial charge in [-0.2, -0.15) is 17.0 Å². The smallest absolute Gasteiger partial charge is 0.282 e. The summed E-state index contributed by atoms with van der Waals surface area (Å²) in [5, 5.41) is 0. The largest absolute Gasteiger partial charge is 0.497 e. The Kier molecular flexibility index (Phi) is 4.44. The SMILES string of the molecule is COc1cccc(CN(C)S(=O)(=O)N2CCCC2)c1. The number of hydrogen-bond donors (Lipinski definition) is 0. The summed E-state index contributed by atoms with van der Waals surface area (Å²) in [6.07, 6.45) is 1.90. The van der Waals surface area contributed by atoms with Gasteiger partial charge in [-0.3, -0.25) is 0 Å². The number of ether oxygens (including phenoxy) is 1. The van der Waals surface area contributed by atoms with Crippen molar-refractivity contribution in [1.82, 2.24) is 8.61 Å². The molecule has 0 amide bonds. The molecule has 0 bridgehead atoms. The van der Waals surface area contributed by atoms with E-state index in [1.54, 1.807) is 18.5 Å². The molecule has 1 aliphatic heterocycles. The Hall–Kier alpha value is -1.11. The van der Waals surface area contributed by atoms with Gasteiger partial charge in [0.1, 0.15) is 5.75 Å². The Balaban J connectivity index is 2.09. The zero-order chi connectivity index (χ0) is 13.9. The highest BCUT2D eigenvalue weighted by atomic mass is 32.2. The van der Waals surface area contributed by atoms with Crippen LogP contribution >= 0.6 is 0 Å². The van der Waals surface area contributed by atoms with Crippen molar-refractivity contribution in [3.63, 3.8) is 0 Å². The van der Waals surface area contributed by atoms with Crippen LogP contribution in [0, 0.1) is 0 Å². The van der Waals surface area contributed by atoms with Crippen molar-refractivity contribution in [2.75, 3.05) is 27.2 Å². The minimum Gasteiger partial charge on any atom is -0.497 e. The molecule has 1 aromatic rings. The van der Waals surface area contributed by atoms with E-state index in [-0.39, 0.29) is 0 Å². The average Bonchev–Trinajstić information content (AvgIpc) is 2.93. The quantitative estimate of drug-likeness (QED) is 0.822. The summed E-state index contributed by atoms with van der Waals surface area (Å²) >= 11 is 0. The van der Waals surface area contributed by atoms with E-state index >= 15 is 0 Å². The summed E-state index contributed by atoms with van der Waals surface area (Å²) < 4.78 is 32.7. The van der Waals surface area contributed by atoms with E-state index in [2.05, 4.69) is 0 Å². The lowest BCUT2D eigenvalue weighted by Crippen LogP contribution is -2.39. The lowest BCUT2D eigenvalue weighted by Gasteiger charge is -2.23. The maximum absolute atomic E-state index is 12.3. The second kappa shape index (κ2) is 5.90. The molecule has 0 aromatic heterocycles. The summed E-state index contributed by atoms with van der Waals surface area (Å²) in [7, 11) is -0.111. The molecule has 0 radical (unpaired) electrons. The van der Waals surface area contributed by atoms with Crippen molar-refractivity contribution in [1.29, 1.82) is 0 Å². The van der Waals surface area contributed by atoms with Crippen LogP contribution in [0.3, 0.4) is 0 Å². The van der Waals surface area contributed by atoms with Crippen molar-refractivity contribution in [2.24, 2.45) is 0 Å². The molecule has 0 atom stereocenters. The molecule has 1 saturated heterocycles. The van der Waals surface area contributed by atoms with Gasteiger partial charge < -0.3 is 4.74 Å². The Morgan fingerprint density at radius 2 is 2.00 bits per heavy atom. The van der Waals surface area contributed by atoms with Crippen molar-refractivity contribution < 1.29 is 13.2 Å². The first kappa shape index (κ1) is 14.3. The molecule has 0 aliphatic carbocycles. The minimum atomic E-state index is -3.33. The van der Waals surface area contributed by atoms with Crippen LogP contribution in [0.5, 0.6) is 5.75 Å². The van der Waals surface area contributed by atoms with Gasteiger partial charge >= 0.3 is 0 Å². The van der Waals surface area contributed by atoms with Crippen LogP contribution in [0.1, 0.15) is 18.4 Å². The highest BCUT2D eigenvalue weighted by Gasteiger charge is 2.29. The first-order chi connectivity index (χ1) is 9.04. The minimum absolute atomic E-state index is 0.357. The lowest BCUT2D eigenvalue weighted by atomic mass is 10.2. The summed E-state index contributed by atoms with van der Waals surface area (Å²) in [4.78, 5) is 0. The first-order valence-corrected chi connectivity index (χ1v) is 7.78. The van der Waals surface area contributed by atoms with Gasteiger partial charge in [-0.05, 0) is 30.5 Å². The second-order valence-electron chi connectivity index (χ2n) is 4.72. The van der Waals surface area contributed by atoms with Gasteiger partial charge in [-0.25, -0.2) is 0 Å². The Morgan fingerprint density at radius 1 is 1.32 bits per heavy atom. The highest BCUT2D eigenvalue weighted by Crippen LogP contribution is 2.19. The van der Waals surface area contributed by atoms with Gasteiger partial charge in [-0.15, -0.1) is 0 Å². The Bertz CT molecular complexity index is 524. The number of hydrogen-bond acceptors (Lipinski definition) is 3. The van der Waals surface area contributed by atoms with Crippen LogP contribution in [0.15, 0.2) is 24.3 Å². The molecule has 0 unspecified atom stereocenters. The van der Waals surface area contributed by atoms with E-state index in [9.17, 15) is 8.42 Å². The van der Waals surface area contributed by atoms with E-state index in [4.69, 9.17) is 4.74 Å². The number of benzene rings is 1. The molecule has 1 aromatic carbocycles. The van der Waals surface area contributed by atoms with Crippen molar-refractivity contribution in [2.45, 2.75) is 19.4 Å². The molecule has 1 heterocycles. The van der Waals surface area contributed by atoms with Crippen LogP contribution in [-0.2, 0) is 16.8 Å². The normalized spacial score (nSPS) is 17.0. The van der Waals surface area contributed by atoms with Crippen LogP contribution in [0.2, 0.25) is 0 Å². The van der Waals surface area contributed by atoms with E-state index in [0.29, 0.717) is 19.6 Å². The maximum atomic E-state index is 12.3. The van der Waals surface area contributed by atoms with Crippen LogP contribution < -0.4 is 4.74 Å². The average molecular weight is 284 g/mol. The van der Waals surface area contributed by atoms with Gasteiger partial charge in [-0.1, -0.05) is 12.1 Å². The topological polar surface area (TPSA) is 49.9 Å². The third kappa shape index (κ3) is 3.26. The summed E-state index contributed by atoms with van der Waals surface area (Å²) in [5.74, 6) is 0.740. The Labute approximate surface area is 115 Å². The molecule has 0 spiro atoms. The predicted molar refractivity (Wildman–Crippen MR) is 74.2 cm³/mol. The third-order valence-electron chi connectivity index (χ3n) is 3.32. The molecular weight excluding hydrogens is 264 g/mol. The number of methoxy groups -OCH3 is 1. The molecule has 6 heteroatoms. The van der Waals surface area contributed by atoms with Crippen molar-refractivity contribution in [3.05, 3.63) is 29.8 Å². The second-order valence-corrected chi connectivity index (χ2v) is 6.76. The van der Waals surface area contributed by atoms with Gasteiger partial charge in [0.2, 0.25) is 0 Å². The molecule has 19 heavy (non-hydrogen) atoms. The molecule has 106 valence electrons. The molecular formula is C13H20N2O3S. The first-order valence-electron chi connectivity index (χ1n) is 6.38. The molecule has 2 rings (SSSR count). The fourth-order valence-corrected chi connectivity index (χ4v) is 3.65. The molecule has 1 aliphatic rings. The highest BCUT2D eigenvalue weighted by molar-refractivity contribution is 7.86. The van der Waals surface area contributed by atoms with Crippen molar-refractivity contribution in [3.8, 4) is 5.75 Å². The van der Waals surface area contributed by atoms with E-state index in [1.807, 2.05) is 24.3 Å².